The van der Waals surface area contributed by atoms with Crippen LogP contribution in [0.2, 0.25) is 0 Å². The Morgan fingerprint density at radius 1 is 1.19 bits per heavy atom. The highest BCUT2D eigenvalue weighted by Crippen LogP contribution is 2.20. The maximum Gasteiger partial charge on any atom is 0.255 e. The molecule has 1 N–H and O–H groups in total. The van der Waals surface area contributed by atoms with Gasteiger partial charge < -0.3 is 10.2 Å². The molecule has 0 spiro atoms. The molecular weight excluding hydrogens is 271 g/mol. The Labute approximate surface area is 122 Å². The van der Waals surface area contributed by atoms with Gasteiger partial charge in [-0.15, -0.1) is 0 Å². The Morgan fingerprint density at radius 3 is 2.33 bits per heavy atom. The molecule has 1 aromatic carbocycles. The van der Waals surface area contributed by atoms with Gasteiger partial charge in [-0.05, 0) is 32.0 Å². The zero-order valence-electron chi connectivity index (χ0n) is 12.4. The number of halogens is 1. The highest BCUT2D eigenvalue weighted by Gasteiger charge is 2.14. The molecule has 0 atom stereocenters. The van der Waals surface area contributed by atoms with Crippen LogP contribution in [0.5, 0.6) is 0 Å². The van der Waals surface area contributed by atoms with E-state index in [4.69, 9.17) is 0 Å². The van der Waals surface area contributed by atoms with Crippen LogP contribution >= 0.6 is 0 Å². The second-order valence-electron chi connectivity index (χ2n) is 4.93. The first kappa shape index (κ1) is 14.9. The first-order valence-corrected chi connectivity index (χ1v) is 6.48. The molecule has 0 bridgehead atoms. The van der Waals surface area contributed by atoms with Gasteiger partial charge in [0.15, 0.2) is 0 Å². The maximum atomic E-state index is 13.2. The SMILES string of the molecule is Cc1nc(N(C)C)nc(C)c1NC(=O)c1cccc(F)c1. The molecule has 1 aromatic heterocycles. The number of nitrogens with zero attached hydrogens (tertiary/aromatic N) is 3. The zero-order valence-corrected chi connectivity index (χ0v) is 12.4. The molecule has 1 amide bonds. The molecule has 0 aliphatic carbocycles. The normalized spacial score (nSPS) is 10.3. The lowest BCUT2D eigenvalue weighted by atomic mass is 10.2. The zero-order chi connectivity index (χ0) is 15.6. The van der Waals surface area contributed by atoms with Crippen LogP contribution in [0.3, 0.4) is 0 Å². The Balaban J connectivity index is 2.29. The second-order valence-corrected chi connectivity index (χ2v) is 4.93. The van der Waals surface area contributed by atoms with Gasteiger partial charge in [0.25, 0.3) is 5.91 Å². The fourth-order valence-corrected chi connectivity index (χ4v) is 1.89. The molecule has 0 aliphatic heterocycles. The molecule has 0 aliphatic rings. The van der Waals surface area contributed by atoms with Crippen LogP contribution in [0.4, 0.5) is 16.0 Å². The Kier molecular flexibility index (Phi) is 4.16. The van der Waals surface area contributed by atoms with E-state index >= 15 is 0 Å². The highest BCUT2D eigenvalue weighted by atomic mass is 19.1. The summed E-state index contributed by atoms with van der Waals surface area (Å²) in [6.45, 7) is 3.59. The number of carbonyl (C=O) groups is 1. The van der Waals surface area contributed by atoms with Crippen molar-refractivity contribution in [3.8, 4) is 0 Å². The van der Waals surface area contributed by atoms with Crippen molar-refractivity contribution >= 4 is 17.5 Å². The summed E-state index contributed by atoms with van der Waals surface area (Å²) in [5, 5.41) is 2.74. The molecule has 0 saturated carbocycles. The third-order valence-corrected chi connectivity index (χ3v) is 2.98. The highest BCUT2D eigenvalue weighted by molar-refractivity contribution is 6.04. The predicted octanol–water partition coefficient (Wildman–Crippen LogP) is 2.55. The van der Waals surface area contributed by atoms with Gasteiger partial charge in [-0.1, -0.05) is 6.07 Å². The van der Waals surface area contributed by atoms with E-state index in [0.717, 1.165) is 0 Å². The number of amides is 1. The summed E-state index contributed by atoms with van der Waals surface area (Å²) in [5.41, 5.74) is 2.13. The number of hydrogen-bond donors (Lipinski definition) is 1. The van der Waals surface area contributed by atoms with Crippen LogP contribution in [0.1, 0.15) is 21.7 Å². The van der Waals surface area contributed by atoms with E-state index in [1.54, 1.807) is 24.8 Å². The van der Waals surface area contributed by atoms with Crippen molar-refractivity contribution in [1.29, 1.82) is 0 Å². The van der Waals surface area contributed by atoms with E-state index < -0.39 is 5.82 Å². The monoisotopic (exact) mass is 288 g/mol. The molecule has 0 fully saturated rings. The number of anilines is 2. The number of nitrogens with one attached hydrogen (secondary N) is 1. The van der Waals surface area contributed by atoms with Crippen LogP contribution in [-0.4, -0.2) is 30.0 Å². The van der Waals surface area contributed by atoms with Crippen molar-refractivity contribution in [2.24, 2.45) is 0 Å². The largest absolute Gasteiger partial charge is 0.347 e. The van der Waals surface area contributed by atoms with Gasteiger partial charge in [0.1, 0.15) is 5.82 Å². The molecule has 2 aromatic rings. The van der Waals surface area contributed by atoms with Gasteiger partial charge in [0, 0.05) is 19.7 Å². The number of hydrogen-bond acceptors (Lipinski definition) is 4. The van der Waals surface area contributed by atoms with Crippen LogP contribution in [-0.2, 0) is 0 Å². The van der Waals surface area contributed by atoms with E-state index in [1.807, 2.05) is 14.1 Å². The Morgan fingerprint density at radius 2 is 1.81 bits per heavy atom. The van der Waals surface area contributed by atoms with E-state index in [9.17, 15) is 9.18 Å². The summed E-state index contributed by atoms with van der Waals surface area (Å²) in [6, 6.07) is 5.53. The molecule has 110 valence electrons. The summed E-state index contributed by atoms with van der Waals surface area (Å²) in [6.07, 6.45) is 0. The van der Waals surface area contributed by atoms with E-state index in [1.165, 1.54) is 18.2 Å². The maximum absolute atomic E-state index is 13.2. The van der Waals surface area contributed by atoms with Crippen LogP contribution in [0.25, 0.3) is 0 Å². The molecule has 21 heavy (non-hydrogen) atoms. The van der Waals surface area contributed by atoms with Crippen molar-refractivity contribution in [2.45, 2.75) is 13.8 Å². The lowest BCUT2D eigenvalue weighted by Gasteiger charge is -2.15. The van der Waals surface area contributed by atoms with Crippen molar-refractivity contribution < 1.29 is 9.18 Å². The average molecular weight is 288 g/mol. The second kappa shape index (κ2) is 5.87. The molecule has 6 heteroatoms. The van der Waals surface area contributed by atoms with E-state index in [-0.39, 0.29) is 11.5 Å². The number of rotatable bonds is 3. The van der Waals surface area contributed by atoms with Gasteiger partial charge in [-0.3, -0.25) is 4.79 Å². The minimum Gasteiger partial charge on any atom is -0.347 e. The summed E-state index contributed by atoms with van der Waals surface area (Å²) in [4.78, 5) is 22.6. The van der Waals surface area contributed by atoms with Crippen LogP contribution in [0.15, 0.2) is 24.3 Å². The van der Waals surface area contributed by atoms with Crippen molar-refractivity contribution in [3.05, 3.63) is 47.0 Å². The van der Waals surface area contributed by atoms with E-state index in [0.29, 0.717) is 23.0 Å². The summed E-state index contributed by atoms with van der Waals surface area (Å²) in [5.74, 6) is -0.258. The predicted molar refractivity (Wildman–Crippen MR) is 80.2 cm³/mol. The van der Waals surface area contributed by atoms with Crippen LogP contribution < -0.4 is 10.2 Å². The van der Waals surface area contributed by atoms with Gasteiger partial charge in [0.2, 0.25) is 5.95 Å². The van der Waals surface area contributed by atoms with Crippen LogP contribution in [0, 0.1) is 19.7 Å². The van der Waals surface area contributed by atoms with Gasteiger partial charge in [-0.2, -0.15) is 0 Å². The number of aryl methyl sites for hydroxylation is 2. The van der Waals surface area contributed by atoms with Gasteiger partial charge >= 0.3 is 0 Å². The molecule has 1 heterocycles. The summed E-state index contributed by atoms with van der Waals surface area (Å²) >= 11 is 0. The molecule has 0 unspecified atom stereocenters. The molecule has 2 rings (SSSR count). The first-order chi connectivity index (χ1) is 9.88. The lowest BCUT2D eigenvalue weighted by molar-refractivity contribution is 0.102. The van der Waals surface area contributed by atoms with Crippen molar-refractivity contribution in [1.82, 2.24) is 9.97 Å². The first-order valence-electron chi connectivity index (χ1n) is 6.48. The standard InChI is InChI=1S/C15H17FN4O/c1-9-13(10(2)18-15(17-9)20(3)4)19-14(21)11-6-5-7-12(16)8-11/h5-8H,1-4H3,(H,19,21). The number of benzene rings is 1. The van der Waals surface area contributed by atoms with Gasteiger partial charge in [-0.25, -0.2) is 14.4 Å². The number of carbonyl (C=O) groups excluding carboxylic acids is 1. The van der Waals surface area contributed by atoms with Gasteiger partial charge in [0.05, 0.1) is 17.1 Å². The molecular formula is C15H17FN4O. The number of aromatic nitrogens is 2. The average Bonchev–Trinajstić information content (AvgIpc) is 2.42. The van der Waals surface area contributed by atoms with E-state index in [2.05, 4.69) is 15.3 Å². The minimum atomic E-state index is -0.449. The fraction of sp³-hybridized carbons (Fsp3) is 0.267. The minimum absolute atomic E-state index is 0.255. The Bertz CT molecular complexity index is 662. The third kappa shape index (κ3) is 3.34. The third-order valence-electron chi connectivity index (χ3n) is 2.98. The fourth-order valence-electron chi connectivity index (χ4n) is 1.89. The quantitative estimate of drug-likeness (QED) is 0.943. The summed E-state index contributed by atoms with van der Waals surface area (Å²) < 4.78 is 13.2. The smallest absolute Gasteiger partial charge is 0.255 e. The molecule has 0 radical (unpaired) electrons. The summed E-state index contributed by atoms with van der Waals surface area (Å²) in [7, 11) is 3.69. The van der Waals surface area contributed by atoms with Crippen molar-refractivity contribution in [3.63, 3.8) is 0 Å². The van der Waals surface area contributed by atoms with Crippen molar-refractivity contribution in [2.75, 3.05) is 24.3 Å². The topological polar surface area (TPSA) is 58.1 Å². The molecule has 0 saturated heterocycles. The lowest BCUT2D eigenvalue weighted by Crippen LogP contribution is -2.18. The Hall–Kier alpha value is -2.50. The molecule has 5 nitrogen and oxygen atoms in total.